The van der Waals surface area contributed by atoms with E-state index in [0.717, 1.165) is 12.6 Å². The summed E-state index contributed by atoms with van der Waals surface area (Å²) in [6.45, 7) is 5.81. The molecule has 0 radical (unpaired) electrons. The van der Waals surface area contributed by atoms with Crippen LogP contribution in [0.5, 0.6) is 0 Å². The first kappa shape index (κ1) is 14.0. The monoisotopic (exact) mass is 260 g/mol. The maximum absolute atomic E-state index is 3.37. The van der Waals surface area contributed by atoms with E-state index in [-0.39, 0.29) is 12.4 Å². The highest BCUT2D eigenvalue weighted by atomic mass is 35.5. The summed E-state index contributed by atoms with van der Waals surface area (Å²) in [4.78, 5) is 5.50. The van der Waals surface area contributed by atoms with E-state index in [2.05, 4.69) is 36.3 Å². The van der Waals surface area contributed by atoms with Crippen molar-refractivity contribution in [3.05, 3.63) is 21.9 Å². The maximum Gasteiger partial charge on any atom is 0.0328 e. The van der Waals surface area contributed by atoms with Gasteiger partial charge in [-0.1, -0.05) is 0 Å². The molecule has 2 nitrogen and oxygen atoms in total. The summed E-state index contributed by atoms with van der Waals surface area (Å²) < 4.78 is 0. The van der Waals surface area contributed by atoms with Crippen molar-refractivity contribution >= 4 is 23.7 Å². The van der Waals surface area contributed by atoms with Gasteiger partial charge in [-0.05, 0) is 52.0 Å². The first-order valence-electron chi connectivity index (χ1n) is 5.73. The Morgan fingerprint density at radius 2 is 2.06 bits per heavy atom. The summed E-state index contributed by atoms with van der Waals surface area (Å²) in [6, 6.07) is 5.23. The molecule has 4 heteroatoms. The van der Waals surface area contributed by atoms with Gasteiger partial charge in [0.15, 0.2) is 0 Å². The van der Waals surface area contributed by atoms with Crippen LogP contribution >= 0.6 is 23.7 Å². The van der Waals surface area contributed by atoms with E-state index in [1.807, 2.05) is 11.3 Å². The molecule has 2 heterocycles. The minimum Gasteiger partial charge on any atom is -0.317 e. The second-order valence-electron chi connectivity index (χ2n) is 4.35. The van der Waals surface area contributed by atoms with Gasteiger partial charge in [0.25, 0.3) is 0 Å². The Labute approximate surface area is 108 Å². The Morgan fingerprint density at radius 1 is 1.38 bits per heavy atom. The topological polar surface area (TPSA) is 15.3 Å². The number of thiophene rings is 1. The average Bonchev–Trinajstić information content (AvgIpc) is 2.65. The van der Waals surface area contributed by atoms with Gasteiger partial charge in [-0.15, -0.1) is 23.7 Å². The highest BCUT2D eigenvalue weighted by molar-refractivity contribution is 7.11. The number of hydrogen-bond acceptors (Lipinski definition) is 3. The van der Waals surface area contributed by atoms with Crippen LogP contribution in [0.25, 0.3) is 0 Å². The molecule has 0 bridgehead atoms. The molecule has 92 valence electrons. The van der Waals surface area contributed by atoms with E-state index in [1.165, 1.54) is 35.7 Å². The molecule has 1 aliphatic rings. The lowest BCUT2D eigenvalue weighted by Gasteiger charge is -2.31. The molecule has 16 heavy (non-hydrogen) atoms. The van der Waals surface area contributed by atoms with Crippen molar-refractivity contribution in [3.8, 4) is 0 Å². The molecule has 1 aliphatic heterocycles. The SMILES string of the molecule is CNC1CCN(Cc2ccc(C)s2)CC1.Cl. The van der Waals surface area contributed by atoms with Crippen LogP contribution in [0.3, 0.4) is 0 Å². The van der Waals surface area contributed by atoms with Gasteiger partial charge in [-0.2, -0.15) is 0 Å². The van der Waals surface area contributed by atoms with Crippen LogP contribution in [0.15, 0.2) is 12.1 Å². The van der Waals surface area contributed by atoms with Crippen LogP contribution in [0, 0.1) is 6.92 Å². The zero-order valence-electron chi connectivity index (χ0n) is 10.0. The summed E-state index contributed by atoms with van der Waals surface area (Å²) in [5, 5.41) is 3.37. The van der Waals surface area contributed by atoms with Crippen LogP contribution in [0.4, 0.5) is 0 Å². The zero-order chi connectivity index (χ0) is 10.7. The lowest BCUT2D eigenvalue weighted by Crippen LogP contribution is -2.40. The molecular weight excluding hydrogens is 240 g/mol. The summed E-state index contributed by atoms with van der Waals surface area (Å²) >= 11 is 1.93. The number of halogens is 1. The van der Waals surface area contributed by atoms with E-state index in [4.69, 9.17) is 0 Å². The molecule has 1 fully saturated rings. The Bertz CT molecular complexity index is 306. The fourth-order valence-corrected chi connectivity index (χ4v) is 3.10. The van der Waals surface area contributed by atoms with Gasteiger partial charge in [0.05, 0.1) is 0 Å². The van der Waals surface area contributed by atoms with Crippen LogP contribution in [0.2, 0.25) is 0 Å². The van der Waals surface area contributed by atoms with Gasteiger partial charge in [-0.25, -0.2) is 0 Å². The smallest absolute Gasteiger partial charge is 0.0328 e. The van der Waals surface area contributed by atoms with E-state index in [1.54, 1.807) is 0 Å². The fourth-order valence-electron chi connectivity index (χ4n) is 2.17. The van der Waals surface area contributed by atoms with Crippen molar-refractivity contribution < 1.29 is 0 Å². The number of rotatable bonds is 3. The van der Waals surface area contributed by atoms with Crippen molar-refractivity contribution in [1.29, 1.82) is 0 Å². The van der Waals surface area contributed by atoms with E-state index < -0.39 is 0 Å². The van der Waals surface area contributed by atoms with Crippen molar-refractivity contribution in [2.45, 2.75) is 32.4 Å². The van der Waals surface area contributed by atoms with Gasteiger partial charge in [0.2, 0.25) is 0 Å². The molecule has 1 saturated heterocycles. The van der Waals surface area contributed by atoms with E-state index >= 15 is 0 Å². The molecule has 2 rings (SSSR count). The fraction of sp³-hybridized carbons (Fsp3) is 0.667. The highest BCUT2D eigenvalue weighted by Crippen LogP contribution is 2.19. The van der Waals surface area contributed by atoms with Gasteiger partial charge in [-0.3, -0.25) is 4.90 Å². The number of nitrogens with one attached hydrogen (secondary N) is 1. The lowest BCUT2D eigenvalue weighted by atomic mass is 10.1. The number of piperidine rings is 1. The number of aryl methyl sites for hydroxylation is 1. The molecule has 0 aliphatic carbocycles. The molecule has 0 saturated carbocycles. The third-order valence-corrected chi connectivity index (χ3v) is 4.16. The minimum absolute atomic E-state index is 0. The van der Waals surface area contributed by atoms with Crippen molar-refractivity contribution in [3.63, 3.8) is 0 Å². The van der Waals surface area contributed by atoms with Crippen molar-refractivity contribution in [1.82, 2.24) is 10.2 Å². The molecule has 1 aromatic heterocycles. The van der Waals surface area contributed by atoms with Crippen LogP contribution in [-0.4, -0.2) is 31.1 Å². The predicted molar refractivity (Wildman–Crippen MR) is 73.7 cm³/mol. The quantitative estimate of drug-likeness (QED) is 0.899. The number of hydrogen-bond donors (Lipinski definition) is 1. The average molecular weight is 261 g/mol. The van der Waals surface area contributed by atoms with E-state index in [0.29, 0.717) is 0 Å². The van der Waals surface area contributed by atoms with Gasteiger partial charge >= 0.3 is 0 Å². The third-order valence-electron chi connectivity index (χ3n) is 3.17. The molecule has 0 aromatic carbocycles. The maximum atomic E-state index is 3.37. The van der Waals surface area contributed by atoms with Crippen LogP contribution in [0.1, 0.15) is 22.6 Å². The molecule has 0 amide bonds. The predicted octanol–water partition coefficient (Wildman–Crippen LogP) is 2.66. The normalized spacial score (nSPS) is 18.4. The number of nitrogens with zero attached hydrogens (tertiary/aromatic N) is 1. The molecule has 1 N–H and O–H groups in total. The van der Waals surface area contributed by atoms with Crippen LogP contribution < -0.4 is 5.32 Å². The second kappa shape index (κ2) is 6.60. The third kappa shape index (κ3) is 3.74. The molecule has 0 unspecified atom stereocenters. The summed E-state index contributed by atoms with van der Waals surface area (Å²) in [5.41, 5.74) is 0. The van der Waals surface area contributed by atoms with Crippen LogP contribution in [-0.2, 0) is 6.54 Å². The molecular formula is C12H21ClN2S. The van der Waals surface area contributed by atoms with Gasteiger partial charge in [0.1, 0.15) is 0 Å². The first-order chi connectivity index (χ1) is 7.28. The number of likely N-dealkylation sites (tertiary alicyclic amines) is 1. The minimum atomic E-state index is 0. The summed E-state index contributed by atoms with van der Waals surface area (Å²) in [7, 11) is 2.07. The first-order valence-corrected chi connectivity index (χ1v) is 6.54. The summed E-state index contributed by atoms with van der Waals surface area (Å²) in [6.07, 6.45) is 2.59. The molecule has 0 atom stereocenters. The van der Waals surface area contributed by atoms with E-state index in [9.17, 15) is 0 Å². The highest BCUT2D eigenvalue weighted by Gasteiger charge is 2.17. The standard InChI is InChI=1S/C12H20N2S.ClH/c1-10-3-4-12(15-10)9-14-7-5-11(13-2)6-8-14;/h3-4,11,13H,5-9H2,1-2H3;1H. The Hall–Kier alpha value is -0.0900. The zero-order valence-corrected chi connectivity index (χ0v) is 11.7. The molecule has 0 spiro atoms. The molecule has 1 aromatic rings. The lowest BCUT2D eigenvalue weighted by molar-refractivity contribution is 0.196. The Morgan fingerprint density at radius 3 is 2.56 bits per heavy atom. The largest absolute Gasteiger partial charge is 0.317 e. The van der Waals surface area contributed by atoms with Crippen molar-refractivity contribution in [2.75, 3.05) is 20.1 Å². The van der Waals surface area contributed by atoms with Crippen molar-refractivity contribution in [2.24, 2.45) is 0 Å². The second-order valence-corrected chi connectivity index (χ2v) is 5.72. The summed E-state index contributed by atoms with van der Waals surface area (Å²) in [5.74, 6) is 0. The Balaban J connectivity index is 0.00000128. The van der Waals surface area contributed by atoms with Gasteiger partial charge < -0.3 is 5.32 Å². The Kier molecular flexibility index (Phi) is 5.76. The van der Waals surface area contributed by atoms with Gasteiger partial charge in [0, 0.05) is 22.3 Å².